The maximum atomic E-state index is 10.1. The van der Waals surface area contributed by atoms with Crippen LogP contribution < -0.4 is 4.74 Å². The molecule has 0 bridgehead atoms. The molecule has 1 aliphatic heterocycles. The van der Waals surface area contributed by atoms with Gasteiger partial charge in [-0.25, -0.2) is 0 Å². The molecule has 0 aliphatic carbocycles. The summed E-state index contributed by atoms with van der Waals surface area (Å²) < 4.78 is 7.23. The molecule has 2 unspecified atom stereocenters. The molecule has 1 aliphatic rings. The van der Waals surface area contributed by atoms with Gasteiger partial charge in [-0.1, -0.05) is 48.5 Å². The SMILES string of the molecule is Cc1cccc(C)c1OCC[N+]1(Cc2ccccc2)CCCC(O)CC1.[Y]. The normalized spacial score (nSPS) is 22.6. The number of aryl methyl sites for hydroxylation is 2. The molecule has 1 saturated heterocycles. The first-order valence-corrected chi connectivity index (χ1v) is 9.84. The zero-order valence-corrected chi connectivity index (χ0v) is 19.6. The van der Waals surface area contributed by atoms with E-state index in [4.69, 9.17) is 4.74 Å². The molecule has 0 spiro atoms. The molecule has 0 aromatic heterocycles. The molecule has 3 nitrogen and oxygen atoms in total. The topological polar surface area (TPSA) is 29.5 Å². The van der Waals surface area contributed by atoms with Gasteiger partial charge in [-0.2, -0.15) is 0 Å². The van der Waals surface area contributed by atoms with Crippen molar-refractivity contribution in [3.05, 3.63) is 65.2 Å². The number of aliphatic hydroxyl groups is 1. The molecular formula is C23H32NO2Y+. The van der Waals surface area contributed by atoms with Crippen LogP contribution in [0.2, 0.25) is 0 Å². The first kappa shape index (κ1) is 22.6. The summed E-state index contributed by atoms with van der Waals surface area (Å²) in [6.07, 6.45) is 2.74. The van der Waals surface area contributed by atoms with Gasteiger partial charge < -0.3 is 14.3 Å². The van der Waals surface area contributed by atoms with Crippen molar-refractivity contribution in [1.29, 1.82) is 0 Å². The number of hydrogen-bond donors (Lipinski definition) is 1. The van der Waals surface area contributed by atoms with Gasteiger partial charge in [0.1, 0.15) is 25.4 Å². The number of hydrogen-bond acceptors (Lipinski definition) is 2. The van der Waals surface area contributed by atoms with Crippen molar-refractivity contribution < 1.29 is 47.0 Å². The number of para-hydroxylation sites is 1. The number of quaternary nitrogens is 1. The van der Waals surface area contributed by atoms with Crippen LogP contribution in [0.3, 0.4) is 0 Å². The number of nitrogens with zero attached hydrogens (tertiary/aromatic N) is 1. The number of ether oxygens (including phenoxy) is 1. The Labute approximate surface area is 189 Å². The molecule has 2 atom stereocenters. The molecule has 0 amide bonds. The van der Waals surface area contributed by atoms with E-state index in [1.54, 1.807) is 0 Å². The Hall–Kier alpha value is -0.736. The third-order valence-corrected chi connectivity index (χ3v) is 5.69. The van der Waals surface area contributed by atoms with Crippen molar-refractivity contribution in [2.75, 3.05) is 26.2 Å². The molecule has 2 aromatic rings. The first-order valence-electron chi connectivity index (χ1n) is 9.84. The van der Waals surface area contributed by atoms with Gasteiger partial charge in [0.25, 0.3) is 0 Å². The van der Waals surface area contributed by atoms with Crippen LogP contribution in [0.25, 0.3) is 0 Å². The second kappa shape index (κ2) is 10.7. The van der Waals surface area contributed by atoms with E-state index in [9.17, 15) is 5.11 Å². The predicted octanol–water partition coefficient (Wildman–Crippen LogP) is 4.24. The third kappa shape index (κ3) is 6.39. The molecule has 1 fully saturated rings. The average Bonchev–Trinajstić information content (AvgIpc) is 2.81. The van der Waals surface area contributed by atoms with E-state index in [0.717, 1.165) is 55.7 Å². The van der Waals surface area contributed by atoms with Gasteiger partial charge in [-0.05, 0) is 37.8 Å². The number of benzene rings is 2. The van der Waals surface area contributed by atoms with E-state index in [2.05, 4.69) is 62.4 Å². The summed E-state index contributed by atoms with van der Waals surface area (Å²) in [5, 5.41) is 10.1. The molecule has 0 saturated carbocycles. The Balaban J connectivity index is 0.00000261. The maximum absolute atomic E-state index is 10.1. The van der Waals surface area contributed by atoms with E-state index in [-0.39, 0.29) is 38.8 Å². The van der Waals surface area contributed by atoms with Crippen LogP contribution in [0.15, 0.2) is 48.5 Å². The van der Waals surface area contributed by atoms with Crippen molar-refractivity contribution in [2.45, 2.75) is 45.8 Å². The zero-order chi connectivity index (χ0) is 18.4. The second-order valence-electron chi connectivity index (χ2n) is 7.81. The fourth-order valence-electron chi connectivity index (χ4n) is 4.14. The van der Waals surface area contributed by atoms with Gasteiger partial charge in [-0.15, -0.1) is 0 Å². The summed E-state index contributed by atoms with van der Waals surface area (Å²) in [6, 6.07) is 17.0. The Bertz CT molecular complexity index is 687. The third-order valence-electron chi connectivity index (χ3n) is 5.69. The molecular weight excluding hydrogens is 411 g/mol. The Morgan fingerprint density at radius 3 is 2.37 bits per heavy atom. The Kier molecular flexibility index (Phi) is 8.95. The smallest absolute Gasteiger partial charge is 0.137 e. The Morgan fingerprint density at radius 2 is 1.67 bits per heavy atom. The van der Waals surface area contributed by atoms with Gasteiger partial charge >= 0.3 is 0 Å². The van der Waals surface area contributed by atoms with Crippen molar-refractivity contribution in [3.8, 4) is 5.75 Å². The minimum absolute atomic E-state index is 0. The molecule has 1 radical (unpaired) electrons. The van der Waals surface area contributed by atoms with Crippen LogP contribution in [0.1, 0.15) is 36.0 Å². The van der Waals surface area contributed by atoms with E-state index in [1.165, 1.54) is 16.7 Å². The van der Waals surface area contributed by atoms with Gasteiger partial charge in [-0.3, -0.25) is 0 Å². The quantitative estimate of drug-likeness (QED) is 0.677. The van der Waals surface area contributed by atoms with Gasteiger partial charge in [0.15, 0.2) is 0 Å². The van der Waals surface area contributed by atoms with Crippen molar-refractivity contribution in [1.82, 2.24) is 0 Å². The van der Waals surface area contributed by atoms with E-state index in [1.807, 2.05) is 0 Å². The predicted molar refractivity (Wildman–Crippen MR) is 106 cm³/mol. The largest absolute Gasteiger partial charge is 0.487 e. The van der Waals surface area contributed by atoms with Gasteiger partial charge in [0.05, 0.1) is 19.2 Å². The molecule has 27 heavy (non-hydrogen) atoms. The summed E-state index contributed by atoms with van der Waals surface area (Å²) >= 11 is 0. The van der Waals surface area contributed by atoms with Crippen LogP contribution in [-0.4, -0.2) is 41.9 Å². The summed E-state index contributed by atoms with van der Waals surface area (Å²) in [4.78, 5) is 0. The summed E-state index contributed by atoms with van der Waals surface area (Å²) in [5.74, 6) is 1.03. The molecule has 143 valence electrons. The van der Waals surface area contributed by atoms with E-state index in [0.29, 0.717) is 6.61 Å². The van der Waals surface area contributed by atoms with Crippen molar-refractivity contribution in [2.24, 2.45) is 0 Å². The fraction of sp³-hybridized carbons (Fsp3) is 0.478. The van der Waals surface area contributed by atoms with Crippen LogP contribution in [0, 0.1) is 13.8 Å². The summed E-state index contributed by atoms with van der Waals surface area (Å²) in [7, 11) is 0. The van der Waals surface area contributed by atoms with Crippen molar-refractivity contribution >= 4 is 0 Å². The van der Waals surface area contributed by atoms with Gasteiger partial charge in [0.2, 0.25) is 0 Å². The van der Waals surface area contributed by atoms with Crippen LogP contribution in [0.4, 0.5) is 0 Å². The van der Waals surface area contributed by atoms with Crippen LogP contribution in [0.5, 0.6) is 5.75 Å². The molecule has 4 heteroatoms. The summed E-state index contributed by atoms with van der Waals surface area (Å²) in [5.41, 5.74) is 3.77. The standard InChI is InChI=1S/C23H32NO2.Y/c1-19-8-6-9-20(2)23(19)26-17-16-24(14-7-12-22(25)13-15-24)18-21-10-4-3-5-11-21;/h3-6,8-11,22,25H,7,12-18H2,1-2H3;/q+1;. The molecule has 1 heterocycles. The van der Waals surface area contributed by atoms with E-state index < -0.39 is 0 Å². The first-order chi connectivity index (χ1) is 12.6. The monoisotopic (exact) mass is 443 g/mol. The fourth-order valence-corrected chi connectivity index (χ4v) is 4.14. The number of aliphatic hydroxyl groups excluding tert-OH is 1. The average molecular weight is 443 g/mol. The number of likely N-dealkylation sites (tertiary alicyclic amines) is 1. The summed E-state index contributed by atoms with van der Waals surface area (Å²) in [6.45, 7) is 9.07. The minimum atomic E-state index is -0.148. The maximum Gasteiger partial charge on any atom is 0.137 e. The Morgan fingerprint density at radius 1 is 0.963 bits per heavy atom. The van der Waals surface area contributed by atoms with E-state index >= 15 is 0 Å². The zero-order valence-electron chi connectivity index (χ0n) is 16.7. The van der Waals surface area contributed by atoms with Crippen molar-refractivity contribution in [3.63, 3.8) is 0 Å². The molecule has 3 rings (SSSR count). The number of rotatable bonds is 6. The second-order valence-corrected chi connectivity index (χ2v) is 7.81. The van der Waals surface area contributed by atoms with Crippen LogP contribution in [-0.2, 0) is 39.3 Å². The molecule has 2 aromatic carbocycles. The molecule has 1 N–H and O–H groups in total. The van der Waals surface area contributed by atoms with Crippen LogP contribution >= 0.6 is 0 Å². The van der Waals surface area contributed by atoms with Gasteiger partial charge in [0, 0.05) is 44.7 Å². The minimum Gasteiger partial charge on any atom is -0.487 e.